The van der Waals surface area contributed by atoms with Crippen molar-refractivity contribution >= 4 is 23.1 Å². The first-order valence-electron chi connectivity index (χ1n) is 6.59. The molecule has 1 N–H and O–H groups in total. The second-order valence-electron chi connectivity index (χ2n) is 4.48. The number of anilines is 1. The van der Waals surface area contributed by atoms with Crippen LogP contribution in [-0.2, 0) is 12.8 Å². The molecule has 7 nitrogen and oxygen atoms in total. The Balaban J connectivity index is 2.19. The molecule has 0 saturated carbocycles. The van der Waals surface area contributed by atoms with E-state index >= 15 is 0 Å². The van der Waals surface area contributed by atoms with Crippen molar-refractivity contribution in [3.63, 3.8) is 0 Å². The van der Waals surface area contributed by atoms with Crippen molar-refractivity contribution in [1.29, 1.82) is 0 Å². The van der Waals surface area contributed by atoms with Gasteiger partial charge in [-0.15, -0.1) is 0 Å². The van der Waals surface area contributed by atoms with Crippen LogP contribution in [0.3, 0.4) is 0 Å². The summed E-state index contributed by atoms with van der Waals surface area (Å²) in [4.78, 5) is 14.7. The quantitative estimate of drug-likeness (QED) is 0.481. The zero-order valence-corrected chi connectivity index (χ0v) is 12.8. The first-order chi connectivity index (χ1) is 10.1. The molecule has 0 aliphatic rings. The van der Waals surface area contributed by atoms with Crippen LogP contribution in [0.1, 0.15) is 18.9 Å². The lowest BCUT2D eigenvalue weighted by atomic mass is 10.1. The van der Waals surface area contributed by atoms with Crippen molar-refractivity contribution in [2.24, 2.45) is 7.05 Å². The van der Waals surface area contributed by atoms with E-state index in [0.717, 1.165) is 29.4 Å². The molecule has 1 heterocycles. The normalized spacial score (nSPS) is 10.6. The van der Waals surface area contributed by atoms with E-state index in [2.05, 4.69) is 22.3 Å². The van der Waals surface area contributed by atoms with Gasteiger partial charge in [0.15, 0.2) is 5.16 Å². The number of nitro groups is 1. The van der Waals surface area contributed by atoms with Gasteiger partial charge in [-0.2, -0.15) is 5.10 Å². The Morgan fingerprint density at radius 1 is 1.48 bits per heavy atom. The zero-order valence-electron chi connectivity index (χ0n) is 11.9. The second-order valence-corrected chi connectivity index (χ2v) is 5.42. The van der Waals surface area contributed by atoms with Crippen LogP contribution < -0.4 is 5.32 Å². The molecule has 0 spiro atoms. The standard InChI is InChI=1S/C13H17N5O2S/c1-3-6-14-12-5-4-11(18(19)20)7-10(12)8-21-13-15-9-16-17(13)2/h4-5,7,9,14H,3,6,8H2,1-2H3. The Kier molecular flexibility index (Phi) is 5.15. The van der Waals surface area contributed by atoms with Crippen LogP contribution in [-0.4, -0.2) is 26.2 Å². The van der Waals surface area contributed by atoms with Gasteiger partial charge in [-0.3, -0.25) is 10.1 Å². The highest BCUT2D eigenvalue weighted by molar-refractivity contribution is 7.98. The molecule has 0 radical (unpaired) electrons. The molecule has 1 aromatic heterocycles. The van der Waals surface area contributed by atoms with E-state index in [4.69, 9.17) is 0 Å². The lowest BCUT2D eigenvalue weighted by molar-refractivity contribution is -0.384. The summed E-state index contributed by atoms with van der Waals surface area (Å²) in [7, 11) is 1.82. The average molecular weight is 307 g/mol. The van der Waals surface area contributed by atoms with E-state index in [1.807, 2.05) is 7.05 Å². The third kappa shape index (κ3) is 3.94. The van der Waals surface area contributed by atoms with Gasteiger partial charge >= 0.3 is 0 Å². The first kappa shape index (κ1) is 15.3. The summed E-state index contributed by atoms with van der Waals surface area (Å²) in [6.45, 7) is 2.91. The third-order valence-electron chi connectivity index (χ3n) is 2.89. The molecule has 112 valence electrons. The monoisotopic (exact) mass is 307 g/mol. The lowest BCUT2D eigenvalue weighted by Gasteiger charge is -2.11. The van der Waals surface area contributed by atoms with E-state index in [-0.39, 0.29) is 10.6 Å². The maximum atomic E-state index is 10.9. The van der Waals surface area contributed by atoms with Crippen molar-refractivity contribution in [2.45, 2.75) is 24.3 Å². The molecule has 8 heteroatoms. The minimum atomic E-state index is -0.375. The third-order valence-corrected chi connectivity index (χ3v) is 3.97. The number of nitrogens with zero attached hydrogens (tertiary/aromatic N) is 4. The first-order valence-corrected chi connectivity index (χ1v) is 7.58. The van der Waals surface area contributed by atoms with Gasteiger partial charge in [0.25, 0.3) is 5.69 Å². The van der Waals surface area contributed by atoms with E-state index in [9.17, 15) is 10.1 Å². The Morgan fingerprint density at radius 3 is 2.90 bits per heavy atom. The molecule has 2 rings (SSSR count). The fourth-order valence-electron chi connectivity index (χ4n) is 1.80. The maximum Gasteiger partial charge on any atom is 0.269 e. The molecule has 0 fully saturated rings. The van der Waals surface area contributed by atoms with Crippen LogP contribution in [0.4, 0.5) is 11.4 Å². The fraction of sp³-hybridized carbons (Fsp3) is 0.385. The average Bonchev–Trinajstić information content (AvgIpc) is 2.88. The number of nitrogens with one attached hydrogen (secondary N) is 1. The maximum absolute atomic E-state index is 10.9. The van der Waals surface area contributed by atoms with Crippen LogP contribution >= 0.6 is 11.8 Å². The number of nitro benzene ring substituents is 1. The number of aromatic nitrogens is 3. The van der Waals surface area contributed by atoms with Gasteiger partial charge in [0, 0.05) is 37.2 Å². The molecule has 0 bridgehead atoms. The summed E-state index contributed by atoms with van der Waals surface area (Å²) in [5.74, 6) is 0.597. The lowest BCUT2D eigenvalue weighted by Crippen LogP contribution is -2.03. The van der Waals surface area contributed by atoms with E-state index in [1.165, 1.54) is 24.2 Å². The SMILES string of the molecule is CCCNc1ccc([N+](=O)[O-])cc1CSc1ncnn1C. The number of hydrogen-bond acceptors (Lipinski definition) is 6. The number of rotatable bonds is 7. The number of non-ortho nitro benzene ring substituents is 1. The van der Waals surface area contributed by atoms with E-state index < -0.39 is 0 Å². The summed E-state index contributed by atoms with van der Waals surface area (Å²) in [5.41, 5.74) is 1.92. The van der Waals surface area contributed by atoms with Crippen LogP contribution in [0.5, 0.6) is 0 Å². The molecule has 0 amide bonds. The Morgan fingerprint density at radius 2 is 2.29 bits per heavy atom. The van der Waals surface area contributed by atoms with Gasteiger partial charge < -0.3 is 5.32 Å². The van der Waals surface area contributed by atoms with Crippen LogP contribution in [0, 0.1) is 10.1 Å². The van der Waals surface area contributed by atoms with E-state index in [0.29, 0.717) is 5.75 Å². The molecule has 1 aromatic carbocycles. The highest BCUT2D eigenvalue weighted by atomic mass is 32.2. The molecule has 0 aliphatic heterocycles. The summed E-state index contributed by atoms with van der Waals surface area (Å²) in [5, 5.41) is 19.0. The van der Waals surface area contributed by atoms with Gasteiger partial charge in [0.1, 0.15) is 6.33 Å². The number of benzene rings is 1. The Bertz CT molecular complexity index is 629. The van der Waals surface area contributed by atoms with Gasteiger partial charge in [0.2, 0.25) is 0 Å². The molecule has 0 unspecified atom stereocenters. The molecular formula is C13H17N5O2S. The zero-order chi connectivity index (χ0) is 15.2. The van der Waals surface area contributed by atoms with Gasteiger partial charge in [-0.05, 0) is 18.1 Å². The Labute approximate surface area is 126 Å². The second kappa shape index (κ2) is 7.07. The minimum absolute atomic E-state index is 0.102. The molecule has 0 saturated heterocycles. The predicted molar refractivity (Wildman–Crippen MR) is 82.4 cm³/mol. The van der Waals surface area contributed by atoms with Crippen molar-refractivity contribution in [1.82, 2.24) is 14.8 Å². The van der Waals surface area contributed by atoms with Gasteiger partial charge in [0.05, 0.1) is 4.92 Å². The van der Waals surface area contributed by atoms with Crippen LogP contribution in [0.2, 0.25) is 0 Å². The van der Waals surface area contributed by atoms with Crippen LogP contribution in [0.25, 0.3) is 0 Å². The molecule has 0 atom stereocenters. The highest BCUT2D eigenvalue weighted by Gasteiger charge is 2.12. The van der Waals surface area contributed by atoms with Crippen molar-refractivity contribution < 1.29 is 4.92 Å². The number of thioether (sulfide) groups is 1. The number of hydrogen-bond donors (Lipinski definition) is 1. The minimum Gasteiger partial charge on any atom is -0.385 e. The smallest absolute Gasteiger partial charge is 0.269 e. The molecule has 0 aliphatic carbocycles. The summed E-state index contributed by atoms with van der Waals surface area (Å²) in [6, 6.07) is 4.90. The Hall–Kier alpha value is -2.09. The van der Waals surface area contributed by atoms with Crippen molar-refractivity contribution in [3.05, 3.63) is 40.2 Å². The predicted octanol–water partition coefficient (Wildman–Crippen LogP) is 2.84. The van der Waals surface area contributed by atoms with Crippen molar-refractivity contribution in [3.8, 4) is 0 Å². The fourth-order valence-corrected chi connectivity index (χ4v) is 2.68. The van der Waals surface area contributed by atoms with E-state index in [1.54, 1.807) is 16.8 Å². The van der Waals surface area contributed by atoms with Crippen LogP contribution in [0.15, 0.2) is 29.7 Å². The van der Waals surface area contributed by atoms with Crippen molar-refractivity contribution in [2.75, 3.05) is 11.9 Å². The molecule has 21 heavy (non-hydrogen) atoms. The van der Waals surface area contributed by atoms with Gasteiger partial charge in [-0.25, -0.2) is 9.67 Å². The number of aryl methyl sites for hydroxylation is 1. The largest absolute Gasteiger partial charge is 0.385 e. The van der Waals surface area contributed by atoms with Gasteiger partial charge in [-0.1, -0.05) is 18.7 Å². The summed E-state index contributed by atoms with van der Waals surface area (Å²) in [6.07, 6.45) is 2.48. The molecular weight excluding hydrogens is 290 g/mol. The summed E-state index contributed by atoms with van der Waals surface area (Å²) >= 11 is 1.50. The highest BCUT2D eigenvalue weighted by Crippen LogP contribution is 2.28. The molecule has 2 aromatic rings. The topological polar surface area (TPSA) is 85.9 Å². The summed E-state index contributed by atoms with van der Waals surface area (Å²) < 4.78 is 1.68.